The molecule has 5 unspecified atom stereocenters. The average molecular weight is 564 g/mol. The number of carbonyl (C=O) groups excluding carboxylic acids is 3. The third-order valence-electron chi connectivity index (χ3n) is 6.27. The normalized spacial score (nSPS) is 14.5. The van der Waals surface area contributed by atoms with E-state index in [-0.39, 0.29) is 50.5 Å². The van der Waals surface area contributed by atoms with Gasteiger partial charge in [0, 0.05) is 19.4 Å². The van der Waals surface area contributed by atoms with E-state index in [0.717, 1.165) is 0 Å². The summed E-state index contributed by atoms with van der Waals surface area (Å²) in [5.41, 5.74) is 17.1. The van der Waals surface area contributed by atoms with Gasteiger partial charge in [-0.15, -0.1) is 0 Å². The second-order valence-corrected chi connectivity index (χ2v) is 9.51. The highest BCUT2D eigenvalue weighted by atomic mass is 16.4. The van der Waals surface area contributed by atoms with E-state index in [4.69, 9.17) is 22.3 Å². The number of carboxylic acids is 2. The molecule has 0 bridgehead atoms. The van der Waals surface area contributed by atoms with Crippen LogP contribution in [0, 0.1) is 5.92 Å². The van der Waals surface area contributed by atoms with E-state index in [1.54, 1.807) is 37.3 Å². The average Bonchev–Trinajstić information content (AvgIpc) is 2.90. The maximum absolute atomic E-state index is 13.4. The van der Waals surface area contributed by atoms with Gasteiger partial charge in [0.15, 0.2) is 5.96 Å². The van der Waals surface area contributed by atoms with E-state index in [1.807, 2.05) is 6.92 Å². The molecule has 0 saturated heterocycles. The predicted molar refractivity (Wildman–Crippen MR) is 148 cm³/mol. The van der Waals surface area contributed by atoms with Crippen LogP contribution >= 0.6 is 0 Å². The highest BCUT2D eigenvalue weighted by Gasteiger charge is 2.32. The van der Waals surface area contributed by atoms with E-state index in [9.17, 15) is 29.1 Å². The Hall–Kier alpha value is -4.20. The minimum Gasteiger partial charge on any atom is -0.481 e. The number of hydrogen-bond acceptors (Lipinski definition) is 7. The molecule has 0 spiro atoms. The van der Waals surface area contributed by atoms with Gasteiger partial charge >= 0.3 is 11.9 Å². The molecule has 1 aromatic rings. The van der Waals surface area contributed by atoms with Crippen molar-refractivity contribution in [3.8, 4) is 0 Å². The molecule has 0 aliphatic rings. The topological polar surface area (TPSA) is 252 Å². The minimum absolute atomic E-state index is 0.0453. The number of amides is 3. The standard InChI is InChI=1S/C26H41N7O7/c1-3-15(2)21(33-22(36)17(27)11-12-20(34)35)24(38)32-19(14-16-8-5-4-6-9-16)23(37)31-18(25(39)40)10-7-13-30-26(28)29/h4-6,8-9,15,17-19,21H,3,7,10-14,27H2,1-2H3,(H,31,37)(H,32,38)(H,33,36)(H,34,35)(H,39,40)(H4,28,29,30). The van der Waals surface area contributed by atoms with E-state index < -0.39 is 53.8 Å². The molecule has 0 heterocycles. The van der Waals surface area contributed by atoms with Crippen molar-refractivity contribution in [2.24, 2.45) is 28.1 Å². The molecule has 0 radical (unpaired) electrons. The molecule has 0 fully saturated rings. The van der Waals surface area contributed by atoms with Crippen molar-refractivity contribution < 1.29 is 34.2 Å². The lowest BCUT2D eigenvalue weighted by atomic mass is 9.96. The van der Waals surface area contributed by atoms with Gasteiger partial charge in [-0.25, -0.2) is 4.79 Å². The number of carboxylic acid groups (broad SMARTS) is 2. The van der Waals surface area contributed by atoms with Gasteiger partial charge < -0.3 is 43.4 Å². The molecule has 40 heavy (non-hydrogen) atoms. The van der Waals surface area contributed by atoms with Crippen LogP contribution in [0.15, 0.2) is 35.3 Å². The smallest absolute Gasteiger partial charge is 0.326 e. The molecule has 14 nitrogen and oxygen atoms in total. The number of aliphatic imine (C=N–C) groups is 1. The maximum atomic E-state index is 13.4. The lowest BCUT2D eigenvalue weighted by Crippen LogP contribution is -2.59. The SMILES string of the molecule is CCC(C)C(NC(=O)C(N)CCC(=O)O)C(=O)NC(Cc1ccccc1)C(=O)NC(CCCN=C(N)N)C(=O)O. The summed E-state index contributed by atoms with van der Waals surface area (Å²) in [4.78, 5) is 65.7. The molecule has 0 saturated carbocycles. The summed E-state index contributed by atoms with van der Waals surface area (Å²) in [5, 5.41) is 26.2. The van der Waals surface area contributed by atoms with Crippen molar-refractivity contribution in [1.82, 2.24) is 16.0 Å². The Morgan fingerprint density at radius 3 is 2.08 bits per heavy atom. The van der Waals surface area contributed by atoms with Crippen LogP contribution in [0.2, 0.25) is 0 Å². The predicted octanol–water partition coefficient (Wildman–Crippen LogP) is -0.940. The van der Waals surface area contributed by atoms with Gasteiger partial charge in [-0.3, -0.25) is 24.2 Å². The van der Waals surface area contributed by atoms with Gasteiger partial charge in [0.05, 0.1) is 6.04 Å². The van der Waals surface area contributed by atoms with Gasteiger partial charge in [0.2, 0.25) is 17.7 Å². The van der Waals surface area contributed by atoms with Crippen molar-refractivity contribution >= 4 is 35.6 Å². The fourth-order valence-electron chi connectivity index (χ4n) is 3.73. The third kappa shape index (κ3) is 12.6. The Bertz CT molecular complexity index is 1030. The number of carbonyl (C=O) groups is 5. The molecule has 3 amide bonds. The van der Waals surface area contributed by atoms with Crippen molar-refractivity contribution in [2.45, 2.75) is 76.5 Å². The summed E-state index contributed by atoms with van der Waals surface area (Å²) in [5.74, 6) is -4.95. The third-order valence-corrected chi connectivity index (χ3v) is 6.27. The van der Waals surface area contributed by atoms with E-state index >= 15 is 0 Å². The molecule has 0 aliphatic carbocycles. The lowest BCUT2D eigenvalue weighted by Gasteiger charge is -2.28. The van der Waals surface area contributed by atoms with Crippen LogP contribution in [0.5, 0.6) is 0 Å². The summed E-state index contributed by atoms with van der Waals surface area (Å²) in [7, 11) is 0. The van der Waals surface area contributed by atoms with Crippen LogP contribution in [0.25, 0.3) is 0 Å². The highest BCUT2D eigenvalue weighted by molar-refractivity contribution is 5.94. The summed E-state index contributed by atoms with van der Waals surface area (Å²) in [6, 6.07) is 4.18. The molecule has 1 aromatic carbocycles. The van der Waals surface area contributed by atoms with Crippen molar-refractivity contribution in [2.75, 3.05) is 6.54 Å². The maximum Gasteiger partial charge on any atom is 0.326 e. The van der Waals surface area contributed by atoms with Crippen molar-refractivity contribution in [3.63, 3.8) is 0 Å². The number of guanidine groups is 1. The molecule has 1 rings (SSSR count). The fraction of sp³-hybridized carbons (Fsp3) is 0.538. The quantitative estimate of drug-likeness (QED) is 0.0618. The van der Waals surface area contributed by atoms with Crippen LogP contribution in [0.4, 0.5) is 0 Å². The first kappa shape index (κ1) is 33.8. The Morgan fingerprint density at radius 1 is 0.900 bits per heavy atom. The minimum atomic E-state index is -1.26. The van der Waals surface area contributed by atoms with Crippen LogP contribution in [0.1, 0.15) is 51.5 Å². The zero-order valence-corrected chi connectivity index (χ0v) is 22.8. The van der Waals surface area contributed by atoms with Gasteiger partial charge in [-0.1, -0.05) is 50.6 Å². The summed E-state index contributed by atoms with van der Waals surface area (Å²) in [6.45, 7) is 3.73. The number of benzene rings is 1. The van der Waals surface area contributed by atoms with E-state index in [2.05, 4.69) is 20.9 Å². The van der Waals surface area contributed by atoms with Crippen LogP contribution in [0.3, 0.4) is 0 Å². The van der Waals surface area contributed by atoms with Gasteiger partial charge in [0.1, 0.15) is 18.1 Å². The number of nitrogens with zero attached hydrogens (tertiary/aromatic N) is 1. The fourth-order valence-corrected chi connectivity index (χ4v) is 3.73. The molecular formula is C26H41N7O7. The van der Waals surface area contributed by atoms with Crippen molar-refractivity contribution in [1.29, 1.82) is 0 Å². The zero-order chi connectivity index (χ0) is 30.2. The second-order valence-electron chi connectivity index (χ2n) is 9.51. The molecular weight excluding hydrogens is 522 g/mol. The summed E-state index contributed by atoms with van der Waals surface area (Å²) < 4.78 is 0. The summed E-state index contributed by atoms with van der Waals surface area (Å²) >= 11 is 0. The number of rotatable bonds is 18. The van der Waals surface area contributed by atoms with Gasteiger partial charge in [0.25, 0.3) is 0 Å². The second kappa shape index (κ2) is 17.4. The first-order valence-corrected chi connectivity index (χ1v) is 13.1. The Morgan fingerprint density at radius 2 is 1.52 bits per heavy atom. The van der Waals surface area contributed by atoms with Crippen LogP contribution < -0.4 is 33.2 Å². The van der Waals surface area contributed by atoms with Crippen molar-refractivity contribution in [3.05, 3.63) is 35.9 Å². The zero-order valence-electron chi connectivity index (χ0n) is 22.8. The highest BCUT2D eigenvalue weighted by Crippen LogP contribution is 2.11. The van der Waals surface area contributed by atoms with Crippen LogP contribution in [-0.2, 0) is 30.4 Å². The largest absolute Gasteiger partial charge is 0.481 e. The monoisotopic (exact) mass is 563 g/mol. The van der Waals surface area contributed by atoms with E-state index in [1.165, 1.54) is 0 Å². The first-order valence-electron chi connectivity index (χ1n) is 13.1. The van der Waals surface area contributed by atoms with Crippen LogP contribution in [-0.4, -0.2) is 76.5 Å². The molecule has 0 aromatic heterocycles. The Balaban J connectivity index is 3.10. The molecule has 11 N–H and O–H groups in total. The molecule has 0 aliphatic heterocycles. The number of nitrogens with two attached hydrogens (primary N) is 3. The molecule has 14 heteroatoms. The lowest BCUT2D eigenvalue weighted by molar-refractivity contribution is -0.142. The van der Waals surface area contributed by atoms with Gasteiger partial charge in [-0.05, 0) is 30.7 Å². The number of hydrogen-bond donors (Lipinski definition) is 8. The summed E-state index contributed by atoms with van der Waals surface area (Å²) in [6.07, 6.45) is 0.450. The van der Waals surface area contributed by atoms with Gasteiger partial charge in [-0.2, -0.15) is 0 Å². The van der Waals surface area contributed by atoms with E-state index in [0.29, 0.717) is 12.0 Å². The number of nitrogens with one attached hydrogen (secondary N) is 3. The first-order chi connectivity index (χ1) is 18.8. The molecule has 5 atom stereocenters. The number of aliphatic carboxylic acids is 2. The Labute approximate surface area is 233 Å². The Kier molecular flexibility index (Phi) is 14.7. The molecule has 222 valence electrons.